The van der Waals surface area contributed by atoms with Crippen LogP contribution < -0.4 is 16.4 Å². The van der Waals surface area contributed by atoms with Gasteiger partial charge in [-0.25, -0.2) is 4.99 Å². The van der Waals surface area contributed by atoms with Crippen LogP contribution in [0.1, 0.15) is 40.5 Å². The van der Waals surface area contributed by atoms with Crippen LogP contribution in [0, 0.1) is 11.5 Å². The zero-order chi connectivity index (χ0) is 12.4. The van der Waals surface area contributed by atoms with Crippen molar-refractivity contribution in [2.45, 2.75) is 57.7 Å². The van der Waals surface area contributed by atoms with E-state index >= 15 is 0 Å². The van der Waals surface area contributed by atoms with Gasteiger partial charge in [0.05, 0.1) is 6.04 Å². The molecule has 0 aromatic heterocycles. The number of nitrogens with two attached hydrogens (primary N) is 1. The summed E-state index contributed by atoms with van der Waals surface area (Å²) >= 11 is 0. The monoisotopic (exact) mass is 223 g/mol. The van der Waals surface area contributed by atoms with E-state index in [1.807, 2.05) is 0 Å². The molecule has 1 rings (SSSR count). The highest BCUT2D eigenvalue weighted by Crippen LogP contribution is 2.30. The lowest BCUT2D eigenvalue weighted by Crippen LogP contribution is -2.59. The molecule has 0 bridgehead atoms. The molecule has 0 aromatic carbocycles. The summed E-state index contributed by atoms with van der Waals surface area (Å²) in [5.41, 5.74) is 5.68. The fourth-order valence-electron chi connectivity index (χ4n) is 2.65. The van der Waals surface area contributed by atoms with Crippen LogP contribution in [0.15, 0.2) is 4.99 Å². The summed E-state index contributed by atoms with van der Waals surface area (Å²) in [5.74, 6) is 0.209. The Balaban J connectivity index is 2.76. The lowest BCUT2D eigenvalue weighted by atomic mass is 9.80. The second kappa shape index (κ2) is 4.30. The molecule has 1 heterocycles. The largest absolute Gasteiger partial charge is 0.369 e. The lowest BCUT2D eigenvalue weighted by molar-refractivity contribution is 0.164. The Morgan fingerprint density at radius 1 is 1.38 bits per heavy atom. The molecule has 1 aliphatic heterocycles. The summed E-state index contributed by atoms with van der Waals surface area (Å²) in [6, 6.07) is 0.159. The van der Waals surface area contributed by atoms with Crippen molar-refractivity contribution in [3.8, 4) is 6.19 Å². The standard InChI is InChI=1S/C11H21N5/c1-10(2)5-8(6-11(3,4)16-10)15-9(13)14-7-12/h8,16H,5-6H2,1-4H3,(H3,13,14,15). The third kappa shape index (κ3) is 3.70. The highest BCUT2D eigenvalue weighted by Gasteiger charge is 2.37. The van der Waals surface area contributed by atoms with E-state index < -0.39 is 0 Å². The highest BCUT2D eigenvalue weighted by molar-refractivity contribution is 5.79. The first-order valence-electron chi connectivity index (χ1n) is 5.52. The average Bonchev–Trinajstić information content (AvgIpc) is 1.96. The quantitative estimate of drug-likeness (QED) is 0.264. The van der Waals surface area contributed by atoms with E-state index in [9.17, 15) is 0 Å². The Bertz CT molecular complexity index is 308. The summed E-state index contributed by atoms with van der Waals surface area (Å²) in [6.45, 7) is 8.63. The Morgan fingerprint density at radius 2 is 1.88 bits per heavy atom. The summed E-state index contributed by atoms with van der Waals surface area (Å²) in [7, 11) is 0. The molecule has 0 amide bonds. The van der Waals surface area contributed by atoms with Gasteiger partial charge in [-0.2, -0.15) is 5.26 Å². The lowest BCUT2D eigenvalue weighted by Gasteiger charge is -2.45. The van der Waals surface area contributed by atoms with Crippen molar-refractivity contribution in [2.24, 2.45) is 10.7 Å². The van der Waals surface area contributed by atoms with Crippen molar-refractivity contribution in [1.82, 2.24) is 10.6 Å². The van der Waals surface area contributed by atoms with E-state index in [4.69, 9.17) is 11.0 Å². The molecule has 0 atom stereocenters. The molecule has 0 radical (unpaired) electrons. The van der Waals surface area contributed by atoms with Crippen LogP contribution in [-0.4, -0.2) is 23.1 Å². The van der Waals surface area contributed by atoms with Gasteiger partial charge in [0.15, 0.2) is 6.19 Å². The van der Waals surface area contributed by atoms with Gasteiger partial charge < -0.3 is 11.1 Å². The molecule has 5 nitrogen and oxygen atoms in total. The van der Waals surface area contributed by atoms with Gasteiger partial charge in [0.25, 0.3) is 0 Å². The van der Waals surface area contributed by atoms with E-state index in [0.29, 0.717) is 0 Å². The van der Waals surface area contributed by atoms with Crippen LogP contribution in [0.25, 0.3) is 0 Å². The summed E-state index contributed by atoms with van der Waals surface area (Å²) in [6.07, 6.45) is 3.62. The van der Waals surface area contributed by atoms with Gasteiger partial charge in [-0.15, -0.1) is 0 Å². The van der Waals surface area contributed by atoms with E-state index in [-0.39, 0.29) is 23.1 Å². The SMILES string of the molecule is CC1(C)CC(N=C(N)NC#N)CC(C)(C)N1. The van der Waals surface area contributed by atoms with Crippen LogP contribution in [-0.2, 0) is 0 Å². The van der Waals surface area contributed by atoms with Gasteiger partial charge >= 0.3 is 0 Å². The maximum Gasteiger partial charge on any atom is 0.202 e. The zero-order valence-corrected chi connectivity index (χ0v) is 10.5. The van der Waals surface area contributed by atoms with Gasteiger partial charge in [-0.3, -0.25) is 5.32 Å². The first-order chi connectivity index (χ1) is 7.24. The van der Waals surface area contributed by atoms with Crippen molar-refractivity contribution in [2.75, 3.05) is 0 Å². The number of aliphatic imine (C=N–C) groups is 1. The van der Waals surface area contributed by atoms with Crippen LogP contribution in [0.5, 0.6) is 0 Å². The summed E-state index contributed by atoms with van der Waals surface area (Å²) < 4.78 is 0. The molecule has 5 heteroatoms. The average molecular weight is 223 g/mol. The van der Waals surface area contributed by atoms with Crippen molar-refractivity contribution >= 4 is 5.96 Å². The molecule has 0 aliphatic carbocycles. The molecular formula is C11H21N5. The molecular weight excluding hydrogens is 202 g/mol. The van der Waals surface area contributed by atoms with Gasteiger partial charge in [0, 0.05) is 11.1 Å². The zero-order valence-electron chi connectivity index (χ0n) is 10.5. The molecule has 1 fully saturated rings. The van der Waals surface area contributed by atoms with E-state index in [0.717, 1.165) is 12.8 Å². The van der Waals surface area contributed by atoms with Crippen molar-refractivity contribution in [3.05, 3.63) is 0 Å². The second-order valence-electron chi connectivity index (χ2n) is 5.71. The third-order valence-electron chi connectivity index (χ3n) is 2.67. The molecule has 0 unspecified atom stereocenters. The van der Waals surface area contributed by atoms with Crippen LogP contribution in [0.2, 0.25) is 0 Å². The number of rotatable bonds is 1. The third-order valence-corrected chi connectivity index (χ3v) is 2.67. The summed E-state index contributed by atoms with van der Waals surface area (Å²) in [4.78, 5) is 4.34. The van der Waals surface area contributed by atoms with Gasteiger partial charge in [-0.05, 0) is 40.5 Å². The summed E-state index contributed by atoms with van der Waals surface area (Å²) in [5, 5.41) is 14.4. The topological polar surface area (TPSA) is 86.2 Å². The number of nitriles is 1. The Morgan fingerprint density at radius 3 is 2.31 bits per heavy atom. The predicted molar refractivity (Wildman–Crippen MR) is 64.7 cm³/mol. The molecule has 0 saturated carbocycles. The normalized spacial score (nSPS) is 24.8. The number of nitrogens with zero attached hydrogens (tertiary/aromatic N) is 2. The fraction of sp³-hybridized carbons (Fsp3) is 0.818. The number of piperidine rings is 1. The van der Waals surface area contributed by atoms with E-state index in [2.05, 4.69) is 43.3 Å². The first kappa shape index (κ1) is 12.8. The van der Waals surface area contributed by atoms with Gasteiger partial charge in [-0.1, -0.05) is 0 Å². The van der Waals surface area contributed by atoms with E-state index in [1.54, 1.807) is 6.19 Å². The van der Waals surface area contributed by atoms with Gasteiger partial charge in [0.2, 0.25) is 5.96 Å². The molecule has 4 N–H and O–H groups in total. The molecule has 16 heavy (non-hydrogen) atoms. The molecule has 90 valence electrons. The van der Waals surface area contributed by atoms with Crippen molar-refractivity contribution < 1.29 is 0 Å². The van der Waals surface area contributed by atoms with Crippen molar-refractivity contribution in [3.63, 3.8) is 0 Å². The minimum Gasteiger partial charge on any atom is -0.369 e. The van der Waals surface area contributed by atoms with Crippen LogP contribution in [0.4, 0.5) is 0 Å². The number of guanidine groups is 1. The number of hydrogen-bond acceptors (Lipinski definition) is 3. The Labute approximate surface area is 97.1 Å². The molecule has 1 saturated heterocycles. The highest BCUT2D eigenvalue weighted by atomic mass is 15.1. The minimum absolute atomic E-state index is 0.0445. The molecule has 0 aromatic rings. The Hall–Kier alpha value is -1.28. The fourth-order valence-corrected chi connectivity index (χ4v) is 2.65. The predicted octanol–water partition coefficient (Wildman–Crippen LogP) is 0.681. The first-order valence-corrected chi connectivity index (χ1v) is 5.52. The smallest absolute Gasteiger partial charge is 0.202 e. The minimum atomic E-state index is 0.0445. The maximum atomic E-state index is 8.44. The van der Waals surface area contributed by atoms with E-state index in [1.165, 1.54) is 0 Å². The number of hydrogen-bond donors (Lipinski definition) is 3. The molecule has 1 aliphatic rings. The Kier molecular flexibility index (Phi) is 3.44. The second-order valence-corrected chi connectivity index (χ2v) is 5.71. The molecule has 0 spiro atoms. The van der Waals surface area contributed by atoms with Gasteiger partial charge in [0.1, 0.15) is 0 Å². The van der Waals surface area contributed by atoms with Crippen LogP contribution in [0.3, 0.4) is 0 Å². The maximum absolute atomic E-state index is 8.44. The number of nitrogens with one attached hydrogen (secondary N) is 2. The van der Waals surface area contributed by atoms with Crippen molar-refractivity contribution in [1.29, 1.82) is 5.26 Å². The van der Waals surface area contributed by atoms with Crippen LogP contribution >= 0.6 is 0 Å².